The monoisotopic (exact) mass is 522 g/mol. The second kappa shape index (κ2) is 11.7. The number of nitrogens with zero attached hydrogens (tertiary/aromatic N) is 2. The first-order valence-electron chi connectivity index (χ1n) is 12.9. The van der Waals surface area contributed by atoms with E-state index in [2.05, 4.69) is 0 Å². The van der Waals surface area contributed by atoms with Crippen molar-refractivity contribution in [1.82, 2.24) is 4.90 Å². The summed E-state index contributed by atoms with van der Waals surface area (Å²) in [6.07, 6.45) is 1.35. The number of amides is 2. The number of carbonyl (C=O) groups excluding carboxylic acids is 4. The fraction of sp³-hybridized carbons (Fsp3) is 0.448. The van der Waals surface area contributed by atoms with Gasteiger partial charge in [-0.15, -0.1) is 0 Å². The Kier molecular flexibility index (Phi) is 8.34. The molecule has 2 amide bonds. The van der Waals surface area contributed by atoms with E-state index in [1.807, 2.05) is 32.9 Å². The SMILES string of the molecule is CCOC(=O)[C@@H]1CCCN(C(=O)CN2C(=O)COc3ccc(C(=O)COc4c(C)ccc(C)c4C)cc32)C1. The normalized spacial score (nSPS) is 16.9. The van der Waals surface area contributed by atoms with Gasteiger partial charge >= 0.3 is 5.97 Å². The summed E-state index contributed by atoms with van der Waals surface area (Å²) in [7, 11) is 0. The summed E-state index contributed by atoms with van der Waals surface area (Å²) in [5, 5.41) is 0. The molecule has 0 unspecified atom stereocenters. The predicted octanol–water partition coefficient (Wildman–Crippen LogP) is 3.40. The number of ether oxygens (including phenoxy) is 3. The van der Waals surface area contributed by atoms with Crippen molar-refractivity contribution in [3.63, 3.8) is 0 Å². The third-order valence-corrected chi connectivity index (χ3v) is 7.13. The summed E-state index contributed by atoms with van der Waals surface area (Å²) < 4.78 is 16.6. The molecule has 0 saturated carbocycles. The van der Waals surface area contributed by atoms with Crippen LogP contribution in [0.3, 0.4) is 0 Å². The van der Waals surface area contributed by atoms with E-state index in [4.69, 9.17) is 14.2 Å². The van der Waals surface area contributed by atoms with E-state index in [1.165, 1.54) is 4.90 Å². The summed E-state index contributed by atoms with van der Waals surface area (Å²) in [5.41, 5.74) is 3.71. The molecule has 38 heavy (non-hydrogen) atoms. The van der Waals surface area contributed by atoms with E-state index >= 15 is 0 Å². The second-order valence-corrected chi connectivity index (χ2v) is 9.75. The molecule has 0 aromatic heterocycles. The maximum absolute atomic E-state index is 13.2. The van der Waals surface area contributed by atoms with Crippen molar-refractivity contribution in [3.05, 3.63) is 52.6 Å². The fourth-order valence-electron chi connectivity index (χ4n) is 4.81. The molecule has 2 aromatic rings. The molecular formula is C29H34N2O7. The quantitative estimate of drug-likeness (QED) is 0.387. The van der Waals surface area contributed by atoms with Crippen LogP contribution in [0.2, 0.25) is 0 Å². The molecule has 0 N–H and O–H groups in total. The van der Waals surface area contributed by atoms with E-state index < -0.39 is 0 Å². The summed E-state index contributed by atoms with van der Waals surface area (Å²) in [6.45, 7) is 8.11. The highest BCUT2D eigenvalue weighted by atomic mass is 16.5. The largest absolute Gasteiger partial charge is 0.485 e. The Morgan fingerprint density at radius 1 is 1.08 bits per heavy atom. The van der Waals surface area contributed by atoms with Crippen molar-refractivity contribution in [2.75, 3.05) is 44.4 Å². The van der Waals surface area contributed by atoms with Gasteiger partial charge in [0.25, 0.3) is 5.91 Å². The molecule has 2 aliphatic rings. The minimum Gasteiger partial charge on any atom is -0.485 e. The van der Waals surface area contributed by atoms with Crippen molar-refractivity contribution in [2.24, 2.45) is 5.92 Å². The van der Waals surface area contributed by atoms with Crippen LogP contribution in [0.25, 0.3) is 0 Å². The first-order chi connectivity index (χ1) is 18.2. The van der Waals surface area contributed by atoms with Crippen molar-refractivity contribution in [3.8, 4) is 11.5 Å². The number of hydrogen-bond acceptors (Lipinski definition) is 7. The molecule has 202 valence electrons. The molecule has 0 radical (unpaired) electrons. The van der Waals surface area contributed by atoms with Crippen LogP contribution in [0.4, 0.5) is 5.69 Å². The third kappa shape index (κ3) is 5.82. The Bertz CT molecular complexity index is 1260. The van der Waals surface area contributed by atoms with E-state index in [1.54, 1.807) is 30.0 Å². The molecule has 4 rings (SSSR count). The number of hydrogen-bond donors (Lipinski definition) is 0. The van der Waals surface area contributed by atoms with E-state index in [0.29, 0.717) is 48.7 Å². The molecule has 9 nitrogen and oxygen atoms in total. The van der Waals surface area contributed by atoms with Gasteiger partial charge in [-0.25, -0.2) is 0 Å². The van der Waals surface area contributed by atoms with Crippen LogP contribution in [0, 0.1) is 26.7 Å². The van der Waals surface area contributed by atoms with Crippen molar-refractivity contribution >= 4 is 29.3 Å². The lowest BCUT2D eigenvalue weighted by Gasteiger charge is -2.34. The molecular weight excluding hydrogens is 488 g/mol. The van der Waals surface area contributed by atoms with Crippen LogP contribution in [-0.4, -0.2) is 67.9 Å². The lowest BCUT2D eigenvalue weighted by molar-refractivity contribution is -0.151. The number of ketones is 1. The minimum atomic E-state index is -0.378. The molecule has 2 aliphatic heterocycles. The first-order valence-corrected chi connectivity index (χ1v) is 12.9. The van der Waals surface area contributed by atoms with Crippen LogP contribution in [0.5, 0.6) is 11.5 Å². The second-order valence-electron chi connectivity index (χ2n) is 9.75. The summed E-state index contributed by atoms with van der Waals surface area (Å²) in [4.78, 5) is 54.1. The highest BCUT2D eigenvalue weighted by Gasteiger charge is 2.33. The first kappa shape index (κ1) is 27.2. The van der Waals surface area contributed by atoms with Crippen LogP contribution < -0.4 is 14.4 Å². The summed E-state index contributed by atoms with van der Waals surface area (Å²) >= 11 is 0. The zero-order valence-corrected chi connectivity index (χ0v) is 22.4. The average Bonchev–Trinajstić information content (AvgIpc) is 2.92. The van der Waals surface area contributed by atoms with E-state index in [-0.39, 0.29) is 55.8 Å². The Morgan fingerprint density at radius 3 is 2.61 bits per heavy atom. The van der Waals surface area contributed by atoms with Gasteiger partial charge in [0.2, 0.25) is 5.91 Å². The highest BCUT2D eigenvalue weighted by molar-refractivity contribution is 6.04. The van der Waals surface area contributed by atoms with Gasteiger partial charge in [-0.1, -0.05) is 12.1 Å². The van der Waals surface area contributed by atoms with E-state index in [9.17, 15) is 19.2 Å². The lowest BCUT2D eigenvalue weighted by atomic mass is 9.98. The molecule has 0 aliphatic carbocycles. The van der Waals surface area contributed by atoms with Crippen LogP contribution in [-0.2, 0) is 19.1 Å². The zero-order chi connectivity index (χ0) is 27.4. The van der Waals surface area contributed by atoms with Gasteiger partial charge in [0.15, 0.2) is 19.0 Å². The van der Waals surface area contributed by atoms with Crippen molar-refractivity contribution < 1.29 is 33.4 Å². The molecule has 1 fully saturated rings. The Balaban J connectivity index is 1.48. The van der Waals surface area contributed by atoms with Crippen molar-refractivity contribution in [2.45, 2.75) is 40.5 Å². The number of fused-ring (bicyclic) bond motifs is 1. The van der Waals surface area contributed by atoms with Crippen LogP contribution in [0.15, 0.2) is 30.3 Å². The predicted molar refractivity (Wildman–Crippen MR) is 141 cm³/mol. The maximum atomic E-state index is 13.2. The smallest absolute Gasteiger partial charge is 0.310 e. The number of Topliss-reactive ketones (excluding diaryl/α,β-unsaturated/α-hetero) is 1. The summed E-state index contributed by atoms with van der Waals surface area (Å²) in [6, 6.07) is 8.80. The number of anilines is 1. The minimum absolute atomic E-state index is 0.166. The third-order valence-electron chi connectivity index (χ3n) is 7.13. The van der Waals surface area contributed by atoms with Gasteiger partial charge in [-0.2, -0.15) is 0 Å². The van der Waals surface area contributed by atoms with Gasteiger partial charge in [0, 0.05) is 18.7 Å². The standard InChI is InChI=1S/C29H34N2O7/c1-5-36-29(35)22-7-6-12-30(14-22)26(33)15-31-23-13-21(10-11-25(23)37-17-27(31)34)24(32)16-38-28-19(3)9-8-18(2)20(28)4/h8-11,13,22H,5-7,12,14-17H2,1-4H3/t22-/m1/s1. The number of carbonyl (C=O) groups is 4. The average molecular weight is 523 g/mol. The lowest BCUT2D eigenvalue weighted by Crippen LogP contribution is -2.49. The van der Waals surface area contributed by atoms with Gasteiger partial charge in [-0.05, 0) is 75.4 Å². The number of likely N-dealkylation sites (tertiary alicyclic amines) is 1. The Hall–Kier alpha value is -3.88. The Labute approximate surface area is 222 Å². The number of benzene rings is 2. The molecule has 2 heterocycles. The topological polar surface area (TPSA) is 102 Å². The van der Waals surface area contributed by atoms with Gasteiger partial charge in [0.05, 0.1) is 18.2 Å². The van der Waals surface area contributed by atoms with Gasteiger partial charge in [-0.3, -0.25) is 24.1 Å². The molecule has 0 bridgehead atoms. The number of aryl methyl sites for hydroxylation is 2. The maximum Gasteiger partial charge on any atom is 0.310 e. The van der Waals surface area contributed by atoms with Crippen LogP contribution in [0.1, 0.15) is 46.8 Å². The summed E-state index contributed by atoms with van der Waals surface area (Å²) in [5.74, 6) is -0.481. The fourth-order valence-corrected chi connectivity index (χ4v) is 4.81. The zero-order valence-electron chi connectivity index (χ0n) is 22.4. The molecule has 1 atom stereocenters. The van der Waals surface area contributed by atoms with Gasteiger partial charge < -0.3 is 19.1 Å². The molecule has 0 spiro atoms. The number of piperidine rings is 1. The number of esters is 1. The number of rotatable bonds is 8. The van der Waals surface area contributed by atoms with E-state index in [0.717, 1.165) is 16.7 Å². The Morgan fingerprint density at radius 2 is 1.84 bits per heavy atom. The van der Waals surface area contributed by atoms with Crippen molar-refractivity contribution in [1.29, 1.82) is 0 Å². The van der Waals surface area contributed by atoms with Gasteiger partial charge in [0.1, 0.15) is 18.0 Å². The molecule has 1 saturated heterocycles. The van der Waals surface area contributed by atoms with Crippen LogP contribution >= 0.6 is 0 Å². The molecule has 2 aromatic carbocycles. The molecule has 9 heteroatoms. The highest BCUT2D eigenvalue weighted by Crippen LogP contribution is 2.34.